The molecule has 0 radical (unpaired) electrons. The first-order chi connectivity index (χ1) is 9.47. The van der Waals surface area contributed by atoms with Crippen molar-refractivity contribution in [2.75, 3.05) is 18.8 Å². The highest BCUT2D eigenvalue weighted by Gasteiger charge is 2.23. The molecule has 0 bridgehead atoms. The second-order valence-electron chi connectivity index (χ2n) is 5.62. The number of hydrogen-bond donors (Lipinski definition) is 2. The van der Waals surface area contributed by atoms with Crippen LogP contribution in [-0.4, -0.2) is 36.0 Å². The minimum atomic E-state index is -0.0489. The number of nitrogens with two attached hydrogens (primary N) is 1. The quantitative estimate of drug-likeness (QED) is 0.832. The van der Waals surface area contributed by atoms with E-state index in [1.54, 1.807) is 12.1 Å². The average molecular weight is 340 g/mol. The van der Waals surface area contributed by atoms with Crippen molar-refractivity contribution in [3.05, 3.63) is 28.2 Å². The van der Waals surface area contributed by atoms with Gasteiger partial charge in [0, 0.05) is 35.3 Å². The van der Waals surface area contributed by atoms with E-state index < -0.39 is 0 Å². The largest absolute Gasteiger partial charge is 0.399 e. The Labute approximate surface area is 128 Å². The number of nitrogens with one attached hydrogen (secondary N) is 1. The highest BCUT2D eigenvalue weighted by Crippen LogP contribution is 2.20. The van der Waals surface area contributed by atoms with E-state index in [9.17, 15) is 4.79 Å². The molecule has 1 amide bonds. The van der Waals surface area contributed by atoms with Gasteiger partial charge in [-0.05, 0) is 60.8 Å². The number of nitrogen functional groups attached to an aromatic ring is 1. The number of piperidine rings is 1. The first kappa shape index (κ1) is 15.3. The third-order valence-electron chi connectivity index (χ3n) is 3.83. The molecule has 1 aliphatic rings. The van der Waals surface area contributed by atoms with E-state index in [-0.39, 0.29) is 11.9 Å². The number of carbonyl (C=O) groups is 1. The van der Waals surface area contributed by atoms with Crippen LogP contribution in [-0.2, 0) is 0 Å². The molecule has 0 unspecified atom stereocenters. The highest BCUT2D eigenvalue weighted by atomic mass is 79.9. The fourth-order valence-electron chi connectivity index (χ4n) is 2.54. The molecule has 1 fully saturated rings. The van der Waals surface area contributed by atoms with Crippen molar-refractivity contribution in [1.82, 2.24) is 10.2 Å². The maximum absolute atomic E-state index is 12.3. The van der Waals surface area contributed by atoms with Gasteiger partial charge in [0.2, 0.25) is 0 Å². The standard InChI is InChI=1S/C15H22BrN3O/c1-10(2)19-7-5-12(6-8-19)18-15(20)13-9-11(17)3-4-14(13)16/h3-4,9-10,12H,5-8,17H2,1-2H3,(H,18,20). The fourth-order valence-corrected chi connectivity index (χ4v) is 2.97. The number of likely N-dealkylation sites (tertiary alicyclic amines) is 1. The Bertz CT molecular complexity index is 482. The minimum absolute atomic E-state index is 0.0489. The first-order valence-electron chi connectivity index (χ1n) is 7.07. The lowest BCUT2D eigenvalue weighted by molar-refractivity contribution is 0.0900. The van der Waals surface area contributed by atoms with Gasteiger partial charge >= 0.3 is 0 Å². The Balaban J connectivity index is 1.94. The van der Waals surface area contributed by atoms with Gasteiger partial charge in [-0.3, -0.25) is 4.79 Å². The number of hydrogen-bond acceptors (Lipinski definition) is 3. The van der Waals surface area contributed by atoms with E-state index in [2.05, 4.69) is 40.0 Å². The molecular formula is C15H22BrN3O. The molecule has 1 heterocycles. The van der Waals surface area contributed by atoms with Gasteiger partial charge in [-0.2, -0.15) is 0 Å². The normalized spacial score (nSPS) is 17.4. The predicted molar refractivity (Wildman–Crippen MR) is 85.8 cm³/mol. The maximum Gasteiger partial charge on any atom is 0.252 e. The summed E-state index contributed by atoms with van der Waals surface area (Å²) in [7, 11) is 0. The van der Waals surface area contributed by atoms with Gasteiger partial charge in [-0.25, -0.2) is 0 Å². The van der Waals surface area contributed by atoms with Crippen LogP contribution >= 0.6 is 15.9 Å². The second-order valence-corrected chi connectivity index (χ2v) is 6.47. The molecule has 110 valence electrons. The van der Waals surface area contributed by atoms with Gasteiger partial charge in [0.1, 0.15) is 0 Å². The van der Waals surface area contributed by atoms with Crippen LogP contribution in [0.2, 0.25) is 0 Å². The molecule has 5 heteroatoms. The van der Waals surface area contributed by atoms with Crippen LogP contribution < -0.4 is 11.1 Å². The summed E-state index contributed by atoms with van der Waals surface area (Å²) in [5.41, 5.74) is 6.95. The summed E-state index contributed by atoms with van der Waals surface area (Å²) in [6.45, 7) is 6.51. The van der Waals surface area contributed by atoms with Crippen molar-refractivity contribution in [3.8, 4) is 0 Å². The number of halogens is 1. The summed E-state index contributed by atoms with van der Waals surface area (Å²) in [4.78, 5) is 14.7. The van der Waals surface area contributed by atoms with E-state index in [0.29, 0.717) is 17.3 Å². The summed E-state index contributed by atoms with van der Waals surface area (Å²) in [6, 6.07) is 6.14. The summed E-state index contributed by atoms with van der Waals surface area (Å²) in [5.74, 6) is -0.0489. The fraction of sp³-hybridized carbons (Fsp3) is 0.533. The van der Waals surface area contributed by atoms with Crippen LogP contribution in [0.4, 0.5) is 5.69 Å². The van der Waals surface area contributed by atoms with E-state index in [1.807, 2.05) is 6.07 Å². The molecule has 1 aliphatic heterocycles. The maximum atomic E-state index is 12.3. The van der Waals surface area contributed by atoms with Crippen LogP contribution in [0.1, 0.15) is 37.0 Å². The SMILES string of the molecule is CC(C)N1CCC(NC(=O)c2cc(N)ccc2Br)CC1. The van der Waals surface area contributed by atoms with E-state index in [0.717, 1.165) is 30.4 Å². The lowest BCUT2D eigenvalue weighted by Gasteiger charge is -2.34. The van der Waals surface area contributed by atoms with Gasteiger partial charge in [0.15, 0.2) is 0 Å². The van der Waals surface area contributed by atoms with Crippen molar-refractivity contribution in [1.29, 1.82) is 0 Å². The molecule has 0 aromatic heterocycles. The number of carbonyl (C=O) groups excluding carboxylic acids is 1. The van der Waals surface area contributed by atoms with E-state index >= 15 is 0 Å². The van der Waals surface area contributed by atoms with Gasteiger partial charge < -0.3 is 16.0 Å². The monoisotopic (exact) mass is 339 g/mol. The average Bonchev–Trinajstić information content (AvgIpc) is 2.42. The number of rotatable bonds is 3. The molecule has 0 aliphatic carbocycles. The summed E-state index contributed by atoms with van der Waals surface area (Å²) < 4.78 is 0.781. The predicted octanol–water partition coefficient (Wildman–Crippen LogP) is 2.63. The summed E-state index contributed by atoms with van der Waals surface area (Å²) in [6.07, 6.45) is 2.01. The number of amides is 1. The highest BCUT2D eigenvalue weighted by molar-refractivity contribution is 9.10. The lowest BCUT2D eigenvalue weighted by atomic mass is 10.0. The van der Waals surface area contributed by atoms with Crippen LogP contribution in [0.15, 0.2) is 22.7 Å². The zero-order valence-corrected chi connectivity index (χ0v) is 13.6. The van der Waals surface area contributed by atoms with Crippen LogP contribution in [0, 0.1) is 0 Å². The molecule has 0 saturated carbocycles. The van der Waals surface area contributed by atoms with Gasteiger partial charge in [-0.1, -0.05) is 0 Å². The lowest BCUT2D eigenvalue weighted by Crippen LogP contribution is -2.46. The smallest absolute Gasteiger partial charge is 0.252 e. The third-order valence-corrected chi connectivity index (χ3v) is 4.52. The van der Waals surface area contributed by atoms with Crippen molar-refractivity contribution in [3.63, 3.8) is 0 Å². The molecule has 3 N–H and O–H groups in total. The third kappa shape index (κ3) is 3.73. The minimum Gasteiger partial charge on any atom is -0.399 e. The Hall–Kier alpha value is -1.07. The molecule has 0 spiro atoms. The Morgan fingerprint density at radius 3 is 2.65 bits per heavy atom. The molecule has 1 saturated heterocycles. The van der Waals surface area contributed by atoms with E-state index in [4.69, 9.17) is 5.73 Å². The Kier molecular flexibility index (Phi) is 5.05. The molecule has 20 heavy (non-hydrogen) atoms. The van der Waals surface area contributed by atoms with Crippen molar-refractivity contribution < 1.29 is 4.79 Å². The first-order valence-corrected chi connectivity index (χ1v) is 7.86. The van der Waals surface area contributed by atoms with Gasteiger partial charge in [-0.15, -0.1) is 0 Å². The molecule has 4 nitrogen and oxygen atoms in total. The molecule has 1 aromatic rings. The van der Waals surface area contributed by atoms with Crippen LogP contribution in [0.25, 0.3) is 0 Å². The molecular weight excluding hydrogens is 318 g/mol. The number of anilines is 1. The van der Waals surface area contributed by atoms with Crippen molar-refractivity contribution >= 4 is 27.5 Å². The zero-order valence-electron chi connectivity index (χ0n) is 12.0. The summed E-state index contributed by atoms with van der Waals surface area (Å²) >= 11 is 3.40. The van der Waals surface area contributed by atoms with Gasteiger partial charge in [0.05, 0.1) is 5.56 Å². The number of benzene rings is 1. The Morgan fingerprint density at radius 1 is 1.40 bits per heavy atom. The molecule has 1 aromatic carbocycles. The van der Waals surface area contributed by atoms with E-state index in [1.165, 1.54) is 0 Å². The van der Waals surface area contributed by atoms with Crippen LogP contribution in [0.5, 0.6) is 0 Å². The summed E-state index contributed by atoms with van der Waals surface area (Å²) in [5, 5.41) is 3.11. The second kappa shape index (κ2) is 6.59. The molecule has 0 atom stereocenters. The van der Waals surface area contributed by atoms with Crippen LogP contribution in [0.3, 0.4) is 0 Å². The number of nitrogens with zero attached hydrogens (tertiary/aromatic N) is 1. The Morgan fingerprint density at radius 2 is 2.05 bits per heavy atom. The van der Waals surface area contributed by atoms with Gasteiger partial charge in [0.25, 0.3) is 5.91 Å². The topological polar surface area (TPSA) is 58.4 Å². The zero-order chi connectivity index (χ0) is 14.7. The van der Waals surface area contributed by atoms with Crippen molar-refractivity contribution in [2.45, 2.75) is 38.8 Å². The molecule has 2 rings (SSSR count). The van der Waals surface area contributed by atoms with Crippen molar-refractivity contribution in [2.24, 2.45) is 0 Å².